The summed E-state index contributed by atoms with van der Waals surface area (Å²) < 4.78 is 18.5. The first-order valence-electron chi connectivity index (χ1n) is 4.93. The normalized spacial score (nSPS) is 10.5. The number of hydrogen-bond acceptors (Lipinski definition) is 2. The van der Waals surface area contributed by atoms with E-state index in [-0.39, 0.29) is 24.1 Å². The summed E-state index contributed by atoms with van der Waals surface area (Å²) in [5, 5.41) is 0. The van der Waals surface area contributed by atoms with Crippen LogP contribution in [0.15, 0.2) is 18.2 Å². The Balaban J connectivity index is 2.66. The second-order valence-corrected chi connectivity index (χ2v) is 3.80. The second-order valence-electron chi connectivity index (χ2n) is 3.80. The van der Waals surface area contributed by atoms with Gasteiger partial charge >= 0.3 is 0 Å². The predicted molar refractivity (Wildman–Crippen MR) is 56.5 cm³/mol. The first-order valence-corrected chi connectivity index (χ1v) is 4.93. The van der Waals surface area contributed by atoms with E-state index in [9.17, 15) is 9.18 Å². The molecular weight excluding hydrogens is 195 g/mol. The van der Waals surface area contributed by atoms with E-state index < -0.39 is 5.82 Å². The van der Waals surface area contributed by atoms with Gasteiger partial charge in [0.2, 0.25) is 0 Å². The van der Waals surface area contributed by atoms with Crippen LogP contribution in [0.2, 0.25) is 0 Å². The zero-order valence-electron chi connectivity index (χ0n) is 9.21. The van der Waals surface area contributed by atoms with E-state index >= 15 is 0 Å². The van der Waals surface area contributed by atoms with Crippen molar-refractivity contribution in [2.45, 2.75) is 20.8 Å². The van der Waals surface area contributed by atoms with Gasteiger partial charge in [0.05, 0.1) is 0 Å². The van der Waals surface area contributed by atoms with Gasteiger partial charge in [-0.05, 0) is 18.6 Å². The van der Waals surface area contributed by atoms with Crippen LogP contribution in [0.3, 0.4) is 0 Å². The molecule has 0 aliphatic rings. The zero-order chi connectivity index (χ0) is 11.4. The van der Waals surface area contributed by atoms with Crippen LogP contribution in [0.5, 0.6) is 5.75 Å². The minimum atomic E-state index is -0.394. The molecular formula is C12H15FO2. The Labute approximate surface area is 89.1 Å². The molecule has 0 fully saturated rings. The van der Waals surface area contributed by atoms with Gasteiger partial charge in [0, 0.05) is 5.92 Å². The lowest BCUT2D eigenvalue weighted by Crippen LogP contribution is -2.17. The lowest BCUT2D eigenvalue weighted by atomic mass is 10.1. The average molecular weight is 210 g/mol. The molecule has 0 amide bonds. The molecule has 0 saturated carbocycles. The summed E-state index contributed by atoms with van der Waals surface area (Å²) in [5.74, 6) is -0.369. The summed E-state index contributed by atoms with van der Waals surface area (Å²) >= 11 is 0. The monoisotopic (exact) mass is 210 g/mol. The third kappa shape index (κ3) is 3.05. The Bertz CT molecular complexity index is 359. The minimum absolute atomic E-state index is 0.0316. The summed E-state index contributed by atoms with van der Waals surface area (Å²) in [6.45, 7) is 5.17. The number of ether oxygens (including phenoxy) is 1. The van der Waals surface area contributed by atoms with Crippen LogP contribution in [0.25, 0.3) is 0 Å². The van der Waals surface area contributed by atoms with E-state index in [0.29, 0.717) is 5.56 Å². The van der Waals surface area contributed by atoms with E-state index in [1.807, 2.05) is 0 Å². The summed E-state index contributed by atoms with van der Waals surface area (Å²) in [4.78, 5) is 11.3. The molecule has 0 bridgehead atoms. The molecule has 0 heterocycles. The quantitative estimate of drug-likeness (QED) is 0.763. The third-order valence-corrected chi connectivity index (χ3v) is 2.17. The van der Waals surface area contributed by atoms with Gasteiger partial charge in [-0.2, -0.15) is 0 Å². The van der Waals surface area contributed by atoms with Gasteiger partial charge in [-0.1, -0.05) is 26.0 Å². The maximum atomic E-state index is 13.4. The smallest absolute Gasteiger partial charge is 0.172 e. The van der Waals surface area contributed by atoms with Crippen molar-refractivity contribution in [3.63, 3.8) is 0 Å². The van der Waals surface area contributed by atoms with Gasteiger partial charge in [-0.3, -0.25) is 4.79 Å². The number of carbonyl (C=O) groups excluding carboxylic acids is 1. The Hall–Kier alpha value is -1.38. The van der Waals surface area contributed by atoms with E-state index in [0.717, 1.165) is 0 Å². The number of rotatable bonds is 4. The second kappa shape index (κ2) is 4.91. The lowest BCUT2D eigenvalue weighted by Gasteiger charge is -2.09. The Morgan fingerprint density at radius 3 is 2.73 bits per heavy atom. The van der Waals surface area contributed by atoms with Crippen LogP contribution in [-0.2, 0) is 4.79 Å². The van der Waals surface area contributed by atoms with Crippen molar-refractivity contribution in [1.82, 2.24) is 0 Å². The number of ketones is 1. The fraction of sp³-hybridized carbons (Fsp3) is 0.417. The molecule has 82 valence electrons. The first-order chi connectivity index (χ1) is 7.02. The number of benzene rings is 1. The lowest BCUT2D eigenvalue weighted by molar-refractivity contribution is -0.123. The number of carbonyl (C=O) groups is 1. The summed E-state index contributed by atoms with van der Waals surface area (Å²) in [5.41, 5.74) is 0.518. The number of aryl methyl sites for hydroxylation is 1. The molecule has 0 saturated heterocycles. The SMILES string of the molecule is Cc1cccc(OCC(=O)C(C)C)c1F. The van der Waals surface area contributed by atoms with E-state index in [1.165, 1.54) is 6.07 Å². The number of hydrogen-bond donors (Lipinski definition) is 0. The maximum absolute atomic E-state index is 13.4. The predicted octanol–water partition coefficient (Wildman–Crippen LogP) is 2.74. The fourth-order valence-corrected chi connectivity index (χ4v) is 1.05. The van der Waals surface area contributed by atoms with Crippen LogP contribution in [0.4, 0.5) is 4.39 Å². The van der Waals surface area contributed by atoms with Crippen molar-refractivity contribution in [2.75, 3.05) is 6.61 Å². The molecule has 1 aromatic rings. The van der Waals surface area contributed by atoms with Gasteiger partial charge in [-0.25, -0.2) is 4.39 Å². The first kappa shape index (κ1) is 11.7. The van der Waals surface area contributed by atoms with E-state index in [1.54, 1.807) is 32.9 Å². The highest BCUT2D eigenvalue weighted by Gasteiger charge is 2.10. The minimum Gasteiger partial charge on any atom is -0.483 e. The van der Waals surface area contributed by atoms with E-state index in [4.69, 9.17) is 4.74 Å². The van der Waals surface area contributed by atoms with Crippen LogP contribution < -0.4 is 4.74 Å². The Kier molecular flexibility index (Phi) is 3.83. The summed E-state index contributed by atoms with van der Waals surface area (Å²) in [6, 6.07) is 4.88. The standard InChI is InChI=1S/C12H15FO2/c1-8(2)10(14)7-15-11-6-4-5-9(3)12(11)13/h4-6,8H,7H2,1-3H3. The average Bonchev–Trinajstić information content (AvgIpc) is 2.19. The largest absolute Gasteiger partial charge is 0.483 e. The van der Waals surface area contributed by atoms with Crippen molar-refractivity contribution in [1.29, 1.82) is 0 Å². The molecule has 0 N–H and O–H groups in total. The Morgan fingerprint density at radius 1 is 1.47 bits per heavy atom. The highest BCUT2D eigenvalue weighted by atomic mass is 19.1. The molecule has 0 spiro atoms. The molecule has 0 unspecified atom stereocenters. The van der Waals surface area contributed by atoms with Gasteiger partial charge in [0.1, 0.15) is 6.61 Å². The Morgan fingerprint density at radius 2 is 2.13 bits per heavy atom. The molecule has 0 aliphatic carbocycles. The van der Waals surface area contributed by atoms with Crippen molar-refractivity contribution in [3.05, 3.63) is 29.6 Å². The molecule has 0 aromatic heterocycles. The van der Waals surface area contributed by atoms with Gasteiger partial charge in [0.15, 0.2) is 17.3 Å². The summed E-state index contributed by atoms with van der Waals surface area (Å²) in [6.07, 6.45) is 0. The molecule has 15 heavy (non-hydrogen) atoms. The molecule has 1 aromatic carbocycles. The molecule has 2 nitrogen and oxygen atoms in total. The van der Waals surface area contributed by atoms with Crippen molar-refractivity contribution < 1.29 is 13.9 Å². The molecule has 0 atom stereocenters. The fourth-order valence-electron chi connectivity index (χ4n) is 1.05. The molecule has 3 heteroatoms. The van der Waals surface area contributed by atoms with Crippen LogP contribution in [0.1, 0.15) is 19.4 Å². The van der Waals surface area contributed by atoms with E-state index in [2.05, 4.69) is 0 Å². The summed E-state index contributed by atoms with van der Waals surface area (Å²) in [7, 11) is 0. The van der Waals surface area contributed by atoms with Crippen molar-refractivity contribution in [2.24, 2.45) is 5.92 Å². The molecule has 0 radical (unpaired) electrons. The van der Waals surface area contributed by atoms with Crippen LogP contribution in [-0.4, -0.2) is 12.4 Å². The number of Topliss-reactive ketones (excluding diaryl/α,β-unsaturated/α-hetero) is 1. The highest BCUT2D eigenvalue weighted by molar-refractivity contribution is 5.81. The van der Waals surface area contributed by atoms with Crippen LogP contribution in [0, 0.1) is 18.7 Å². The third-order valence-electron chi connectivity index (χ3n) is 2.17. The zero-order valence-corrected chi connectivity index (χ0v) is 9.21. The number of halogens is 1. The van der Waals surface area contributed by atoms with Crippen molar-refractivity contribution in [3.8, 4) is 5.75 Å². The van der Waals surface area contributed by atoms with Gasteiger partial charge < -0.3 is 4.74 Å². The van der Waals surface area contributed by atoms with Gasteiger partial charge in [-0.15, -0.1) is 0 Å². The molecule has 0 aliphatic heterocycles. The molecule has 1 rings (SSSR count). The van der Waals surface area contributed by atoms with Crippen LogP contribution >= 0.6 is 0 Å². The topological polar surface area (TPSA) is 26.3 Å². The van der Waals surface area contributed by atoms with Gasteiger partial charge in [0.25, 0.3) is 0 Å². The van der Waals surface area contributed by atoms with Crippen molar-refractivity contribution >= 4 is 5.78 Å². The maximum Gasteiger partial charge on any atom is 0.172 e. The highest BCUT2D eigenvalue weighted by Crippen LogP contribution is 2.19.